The summed E-state index contributed by atoms with van der Waals surface area (Å²) in [5.74, 6) is -0.199. The van der Waals surface area contributed by atoms with Crippen LogP contribution in [0.25, 0.3) is 11.1 Å². The zero-order valence-electron chi connectivity index (χ0n) is 17.0. The van der Waals surface area contributed by atoms with Gasteiger partial charge in [0.1, 0.15) is 12.4 Å². The molecule has 0 bridgehead atoms. The van der Waals surface area contributed by atoms with Crippen LogP contribution in [0.2, 0.25) is 5.02 Å². The normalized spacial score (nSPS) is 11.8. The molecule has 1 atom stereocenters. The number of pyridine rings is 1. The Kier molecular flexibility index (Phi) is 7.44. The van der Waals surface area contributed by atoms with Crippen molar-refractivity contribution in [3.05, 3.63) is 82.6 Å². The van der Waals surface area contributed by atoms with Crippen LogP contribution in [0.15, 0.2) is 60.8 Å². The highest BCUT2D eigenvalue weighted by Gasteiger charge is 2.16. The van der Waals surface area contributed by atoms with Gasteiger partial charge >= 0.3 is 5.97 Å². The van der Waals surface area contributed by atoms with Crippen LogP contribution < -0.4 is 4.74 Å². The first kappa shape index (κ1) is 21.8. The smallest absolute Gasteiger partial charge is 0.306 e. The number of benzene rings is 2. The molecule has 30 heavy (non-hydrogen) atoms. The van der Waals surface area contributed by atoms with Gasteiger partial charge in [-0.1, -0.05) is 35.9 Å². The summed E-state index contributed by atoms with van der Waals surface area (Å²) in [6, 6.07) is 17.0. The zero-order valence-corrected chi connectivity index (χ0v) is 17.7. The van der Waals surface area contributed by atoms with Crippen molar-refractivity contribution in [2.24, 2.45) is 0 Å². The number of carboxylic acids is 1. The second-order valence-electron chi connectivity index (χ2n) is 6.85. The highest BCUT2D eigenvalue weighted by atomic mass is 35.5. The third-order valence-electron chi connectivity index (χ3n) is 4.71. The number of carboxylic acid groups (broad SMARTS) is 1. The Morgan fingerprint density at radius 1 is 1.13 bits per heavy atom. The van der Waals surface area contributed by atoms with E-state index in [9.17, 15) is 4.79 Å². The topological polar surface area (TPSA) is 68.7 Å². The van der Waals surface area contributed by atoms with E-state index >= 15 is 0 Å². The number of aliphatic carboxylic acids is 1. The summed E-state index contributed by atoms with van der Waals surface area (Å²) in [7, 11) is 0. The lowest BCUT2D eigenvalue weighted by Crippen LogP contribution is -2.10. The third kappa shape index (κ3) is 5.59. The number of hydrogen-bond acceptors (Lipinski definition) is 4. The molecule has 5 nitrogen and oxygen atoms in total. The predicted molar refractivity (Wildman–Crippen MR) is 117 cm³/mol. The molecule has 0 aliphatic heterocycles. The van der Waals surface area contributed by atoms with Crippen LogP contribution in [0.3, 0.4) is 0 Å². The van der Waals surface area contributed by atoms with Crippen molar-refractivity contribution < 1.29 is 19.4 Å². The molecule has 0 saturated heterocycles. The van der Waals surface area contributed by atoms with Crippen molar-refractivity contribution >= 4 is 17.6 Å². The average molecular weight is 426 g/mol. The molecule has 0 saturated carbocycles. The number of aromatic nitrogens is 1. The Morgan fingerprint density at radius 2 is 1.90 bits per heavy atom. The zero-order chi connectivity index (χ0) is 21.5. The lowest BCUT2D eigenvalue weighted by Gasteiger charge is -2.16. The number of carbonyl (C=O) groups is 1. The summed E-state index contributed by atoms with van der Waals surface area (Å²) in [6.45, 7) is 4.63. The molecule has 6 heteroatoms. The number of nitrogens with zero attached hydrogens (tertiary/aromatic N) is 1. The van der Waals surface area contributed by atoms with E-state index in [1.807, 2.05) is 68.4 Å². The van der Waals surface area contributed by atoms with Crippen LogP contribution in [0.4, 0.5) is 0 Å². The monoisotopic (exact) mass is 425 g/mol. The SMILES string of the molecule is CCO[C@@H](CC(=O)O)c1ccc(OCc2ccc(Cl)c(-c3cccnc3C)c2)cc1. The molecular formula is C24H24ClNO4. The Morgan fingerprint density at radius 3 is 2.57 bits per heavy atom. The number of halogens is 1. The van der Waals surface area contributed by atoms with Crippen LogP contribution in [0.1, 0.15) is 36.3 Å². The number of ether oxygens (including phenoxy) is 2. The van der Waals surface area contributed by atoms with Crippen molar-refractivity contribution in [3.8, 4) is 16.9 Å². The fourth-order valence-corrected chi connectivity index (χ4v) is 3.44. The fraction of sp³-hybridized carbons (Fsp3) is 0.250. The van der Waals surface area contributed by atoms with Crippen LogP contribution in [-0.2, 0) is 16.1 Å². The van der Waals surface area contributed by atoms with E-state index in [1.54, 1.807) is 6.20 Å². The molecule has 156 valence electrons. The van der Waals surface area contributed by atoms with Gasteiger partial charge in [0.25, 0.3) is 0 Å². The summed E-state index contributed by atoms with van der Waals surface area (Å²) < 4.78 is 11.5. The summed E-state index contributed by atoms with van der Waals surface area (Å²) in [6.07, 6.45) is 1.22. The molecule has 1 aromatic heterocycles. The minimum Gasteiger partial charge on any atom is -0.489 e. The molecule has 1 N–H and O–H groups in total. The molecule has 0 aliphatic carbocycles. The second-order valence-corrected chi connectivity index (χ2v) is 7.26. The fourth-order valence-electron chi connectivity index (χ4n) is 3.22. The van der Waals surface area contributed by atoms with E-state index in [4.69, 9.17) is 26.2 Å². The van der Waals surface area contributed by atoms with Crippen LogP contribution in [-0.4, -0.2) is 22.7 Å². The van der Waals surface area contributed by atoms with E-state index in [2.05, 4.69) is 4.98 Å². The Balaban J connectivity index is 1.71. The lowest BCUT2D eigenvalue weighted by molar-refractivity contribution is -0.140. The second kappa shape index (κ2) is 10.2. The first-order valence-corrected chi connectivity index (χ1v) is 10.1. The van der Waals surface area contributed by atoms with Crippen molar-refractivity contribution in [1.29, 1.82) is 0 Å². The summed E-state index contributed by atoms with van der Waals surface area (Å²) in [5, 5.41) is 9.73. The molecular weight excluding hydrogens is 402 g/mol. The van der Waals surface area contributed by atoms with Gasteiger partial charge in [-0.05, 0) is 55.3 Å². The molecule has 0 amide bonds. The average Bonchev–Trinajstić information content (AvgIpc) is 2.73. The quantitative estimate of drug-likeness (QED) is 0.466. The molecule has 0 radical (unpaired) electrons. The minimum atomic E-state index is -0.892. The maximum atomic E-state index is 11.0. The summed E-state index contributed by atoms with van der Waals surface area (Å²) in [4.78, 5) is 15.4. The van der Waals surface area contributed by atoms with Gasteiger partial charge in [0, 0.05) is 34.6 Å². The van der Waals surface area contributed by atoms with Gasteiger partial charge in [0.05, 0.1) is 12.5 Å². The van der Waals surface area contributed by atoms with E-state index in [-0.39, 0.29) is 6.42 Å². The third-order valence-corrected chi connectivity index (χ3v) is 5.04. The van der Waals surface area contributed by atoms with Crippen molar-refractivity contribution in [1.82, 2.24) is 4.98 Å². The maximum Gasteiger partial charge on any atom is 0.306 e. The van der Waals surface area contributed by atoms with Crippen LogP contribution in [0, 0.1) is 6.92 Å². The lowest BCUT2D eigenvalue weighted by atomic mass is 10.0. The van der Waals surface area contributed by atoms with Crippen molar-refractivity contribution in [3.63, 3.8) is 0 Å². The molecule has 1 heterocycles. The Hall–Kier alpha value is -2.89. The Bertz CT molecular complexity index is 1000. The molecule has 0 aliphatic rings. The van der Waals surface area contributed by atoms with Crippen LogP contribution in [0.5, 0.6) is 5.75 Å². The minimum absolute atomic E-state index is 0.0741. The highest BCUT2D eigenvalue weighted by molar-refractivity contribution is 6.33. The van der Waals surface area contributed by atoms with Gasteiger partial charge in [0.15, 0.2) is 0 Å². The van der Waals surface area contributed by atoms with Crippen molar-refractivity contribution in [2.75, 3.05) is 6.61 Å². The van der Waals surface area contributed by atoms with Gasteiger partial charge in [-0.3, -0.25) is 9.78 Å². The first-order chi connectivity index (χ1) is 14.5. The maximum absolute atomic E-state index is 11.0. The van der Waals surface area contributed by atoms with E-state index < -0.39 is 12.1 Å². The van der Waals surface area contributed by atoms with Gasteiger partial charge in [0.2, 0.25) is 0 Å². The molecule has 3 rings (SSSR count). The first-order valence-electron chi connectivity index (χ1n) is 9.74. The predicted octanol–water partition coefficient (Wildman–Crippen LogP) is 5.84. The number of rotatable bonds is 9. The van der Waals surface area contributed by atoms with Gasteiger partial charge in [-0.2, -0.15) is 0 Å². The molecule has 0 unspecified atom stereocenters. The standard InChI is InChI=1S/C24H24ClNO4/c1-3-29-23(14-24(27)28)18-7-9-19(10-8-18)30-15-17-6-11-22(25)21(13-17)20-5-4-12-26-16(20)2/h4-13,23H,3,14-15H2,1-2H3,(H,27,28)/t23-/m0/s1. The molecule has 3 aromatic rings. The summed E-state index contributed by atoms with van der Waals surface area (Å²) >= 11 is 6.41. The Labute approximate surface area is 181 Å². The van der Waals surface area contributed by atoms with E-state index in [0.29, 0.717) is 24.0 Å². The molecule has 2 aromatic carbocycles. The highest BCUT2D eigenvalue weighted by Crippen LogP contribution is 2.31. The van der Waals surface area contributed by atoms with Crippen molar-refractivity contribution in [2.45, 2.75) is 33.0 Å². The summed E-state index contributed by atoms with van der Waals surface area (Å²) in [5.41, 5.74) is 4.63. The van der Waals surface area contributed by atoms with E-state index in [1.165, 1.54) is 0 Å². The number of hydrogen-bond donors (Lipinski definition) is 1. The van der Waals surface area contributed by atoms with E-state index in [0.717, 1.165) is 27.9 Å². The molecule has 0 spiro atoms. The largest absolute Gasteiger partial charge is 0.489 e. The van der Waals surface area contributed by atoms with Crippen LogP contribution >= 0.6 is 11.6 Å². The number of aryl methyl sites for hydroxylation is 1. The van der Waals surface area contributed by atoms with Gasteiger partial charge in [-0.15, -0.1) is 0 Å². The van der Waals surface area contributed by atoms with Gasteiger partial charge in [-0.25, -0.2) is 0 Å². The molecule has 0 fully saturated rings. The van der Waals surface area contributed by atoms with Gasteiger partial charge < -0.3 is 14.6 Å².